The van der Waals surface area contributed by atoms with Crippen LogP contribution >= 0.6 is 0 Å². The summed E-state index contributed by atoms with van der Waals surface area (Å²) in [5.41, 5.74) is 0.252. The molecular weight excluding hydrogens is 750 g/mol. The molecule has 0 aromatic heterocycles. The number of nitrogens with one attached hydrogen (secondary N) is 2. The fourth-order valence-corrected chi connectivity index (χ4v) is 6.08. The molecule has 19 nitrogen and oxygen atoms in total. The zero-order chi connectivity index (χ0) is 41.1. The average Bonchev–Trinajstić information content (AvgIpc) is 3.37. The molecule has 7 atom stereocenters. The molecule has 1 aromatic rings. The first kappa shape index (κ1) is 45.5. The minimum atomic E-state index is -4.26. The lowest BCUT2D eigenvalue weighted by Crippen LogP contribution is -2.61. The first-order valence-electron chi connectivity index (χ1n) is 18.0. The normalized spacial score (nSPS) is 24.3. The number of benzene rings is 1. The molecule has 2 heterocycles. The van der Waals surface area contributed by atoms with E-state index in [1.807, 2.05) is 6.92 Å². The number of carboxylic acids is 1. The number of rotatable bonds is 20. The van der Waals surface area contributed by atoms with Crippen molar-refractivity contribution in [2.24, 2.45) is 5.41 Å². The number of aliphatic hydroxyl groups is 3. The van der Waals surface area contributed by atoms with Crippen molar-refractivity contribution in [2.75, 3.05) is 32.1 Å². The minimum absolute atomic E-state index is 0.0697. The van der Waals surface area contributed by atoms with Crippen LogP contribution in [0.1, 0.15) is 70.9 Å². The van der Waals surface area contributed by atoms with Gasteiger partial charge in [0.25, 0.3) is 10.1 Å². The van der Waals surface area contributed by atoms with Crippen LogP contribution in [0, 0.1) is 5.41 Å². The zero-order valence-corrected chi connectivity index (χ0v) is 32.2. The number of ether oxygens (including phenoxy) is 4. The highest BCUT2D eigenvalue weighted by Gasteiger charge is 2.48. The Morgan fingerprint density at radius 3 is 2.38 bits per heavy atom. The maximum absolute atomic E-state index is 13.1. The van der Waals surface area contributed by atoms with Gasteiger partial charge in [0.1, 0.15) is 36.7 Å². The number of hydrogen-bond acceptors (Lipinski definition) is 14. The zero-order valence-electron chi connectivity index (χ0n) is 31.3. The van der Waals surface area contributed by atoms with E-state index in [0.717, 1.165) is 0 Å². The summed E-state index contributed by atoms with van der Waals surface area (Å²) in [4.78, 5) is 63.5. The molecule has 55 heavy (non-hydrogen) atoms. The summed E-state index contributed by atoms with van der Waals surface area (Å²) in [6, 6.07) is 3.43. The number of hydrogen-bond donors (Lipinski definition) is 7. The molecule has 3 rings (SSSR count). The van der Waals surface area contributed by atoms with Crippen molar-refractivity contribution < 1.29 is 76.3 Å². The van der Waals surface area contributed by atoms with Gasteiger partial charge in [0.2, 0.25) is 24.0 Å². The van der Waals surface area contributed by atoms with E-state index in [2.05, 4.69) is 10.6 Å². The van der Waals surface area contributed by atoms with Crippen molar-refractivity contribution in [1.29, 1.82) is 0 Å². The van der Waals surface area contributed by atoms with E-state index in [4.69, 9.17) is 23.5 Å². The van der Waals surface area contributed by atoms with Gasteiger partial charge in [-0.2, -0.15) is 8.42 Å². The van der Waals surface area contributed by atoms with E-state index < -0.39 is 87.8 Å². The van der Waals surface area contributed by atoms with E-state index >= 15 is 0 Å². The Balaban J connectivity index is 1.61. The van der Waals surface area contributed by atoms with Crippen LogP contribution in [0.2, 0.25) is 0 Å². The van der Waals surface area contributed by atoms with E-state index in [-0.39, 0.29) is 57.4 Å². The summed E-state index contributed by atoms with van der Waals surface area (Å²) in [5, 5.41) is 45.7. The number of unbranched alkanes of at least 4 members (excludes halogenated alkanes) is 1. The van der Waals surface area contributed by atoms with Crippen LogP contribution in [0.25, 0.3) is 0 Å². The van der Waals surface area contributed by atoms with Gasteiger partial charge < -0.3 is 54.9 Å². The first-order chi connectivity index (χ1) is 25.7. The number of aryl methyl sites for hydroxylation is 1. The molecule has 7 N–H and O–H groups in total. The molecule has 0 unspecified atom stereocenters. The summed E-state index contributed by atoms with van der Waals surface area (Å²) in [5.74, 6) is -3.93. The number of amides is 3. The third kappa shape index (κ3) is 14.0. The Morgan fingerprint density at radius 1 is 1.04 bits per heavy atom. The molecule has 0 spiro atoms. The number of nitrogens with zero attached hydrogens (tertiary/aromatic N) is 1. The SMILES string of the molecule is CCCC(=O)N[C@H]1C[C@@H](COCCS(=O)(=O)O)N(CC(=O)NCCCCc2ccc(COC(=O)C(C)(C)C)c(O[C@@H]3O[C@H](C(=O)O)[C@@H](O)[C@H](O)[C@H]3O)c2)C1=O. The molecule has 0 aliphatic carbocycles. The molecule has 2 aliphatic rings. The number of carboxylic acid groups (broad SMARTS) is 1. The molecule has 2 saturated heterocycles. The second-order valence-corrected chi connectivity index (χ2v) is 16.1. The predicted octanol–water partition coefficient (Wildman–Crippen LogP) is -0.724. The minimum Gasteiger partial charge on any atom is -0.479 e. The van der Waals surface area contributed by atoms with Gasteiger partial charge >= 0.3 is 11.9 Å². The fraction of sp³-hybridized carbons (Fsp3) is 0.686. The quantitative estimate of drug-likeness (QED) is 0.0486. The van der Waals surface area contributed by atoms with Crippen LogP contribution in [0.4, 0.5) is 0 Å². The van der Waals surface area contributed by atoms with Crippen molar-refractivity contribution in [1.82, 2.24) is 15.5 Å². The topological polar surface area (TPSA) is 285 Å². The third-order valence-electron chi connectivity index (χ3n) is 8.83. The standard InChI is InChI=1S/C35H53N3O16S/c1-5-8-25(39)37-23-16-22(19-51-13-14-55(48,49)50)38(31(23)44)17-26(40)36-12-7-6-9-20-10-11-21(18-52-34(47)35(2,3)4)24(15-20)53-33-29(43)27(41)28(42)30(54-33)32(45)46/h10-11,15,22-23,27-30,33,41-43H,5-9,12-14,16-19H2,1-4H3,(H,36,40)(H,37,39)(H,45,46)(H,48,49,50)/t22-,23-,27-,28-,29+,30-,33+/m0/s1. The van der Waals surface area contributed by atoms with Gasteiger partial charge in [0.15, 0.2) is 6.10 Å². The predicted molar refractivity (Wildman–Crippen MR) is 191 cm³/mol. The molecule has 0 saturated carbocycles. The van der Waals surface area contributed by atoms with Crippen molar-refractivity contribution in [3.8, 4) is 5.75 Å². The van der Waals surface area contributed by atoms with Crippen LogP contribution in [0.15, 0.2) is 18.2 Å². The maximum atomic E-state index is 13.1. The van der Waals surface area contributed by atoms with Crippen molar-refractivity contribution in [3.05, 3.63) is 29.3 Å². The highest BCUT2D eigenvalue weighted by molar-refractivity contribution is 7.85. The van der Waals surface area contributed by atoms with Gasteiger partial charge in [0, 0.05) is 18.5 Å². The summed E-state index contributed by atoms with van der Waals surface area (Å²) in [7, 11) is -4.26. The number of carbonyl (C=O) groups excluding carboxylic acids is 4. The van der Waals surface area contributed by atoms with Gasteiger partial charge in [-0.25, -0.2) is 4.79 Å². The molecule has 20 heteroatoms. The van der Waals surface area contributed by atoms with E-state index in [1.54, 1.807) is 39.0 Å². The number of aliphatic hydroxyl groups excluding tert-OH is 3. The first-order valence-corrected chi connectivity index (χ1v) is 19.6. The van der Waals surface area contributed by atoms with Crippen LogP contribution in [-0.2, 0) is 61.3 Å². The summed E-state index contributed by atoms with van der Waals surface area (Å²) >= 11 is 0. The Kier molecular flexibility index (Phi) is 16.8. The van der Waals surface area contributed by atoms with Crippen LogP contribution < -0.4 is 15.4 Å². The summed E-state index contributed by atoms with van der Waals surface area (Å²) in [6.07, 6.45) is -6.80. The Morgan fingerprint density at radius 2 is 1.75 bits per heavy atom. The maximum Gasteiger partial charge on any atom is 0.335 e. The Hall–Kier alpha value is -3.92. The molecule has 310 valence electrons. The molecule has 0 bridgehead atoms. The van der Waals surface area contributed by atoms with E-state index in [1.165, 1.54) is 4.90 Å². The lowest BCUT2D eigenvalue weighted by atomic mass is 9.97. The number of likely N-dealkylation sites (tertiary alicyclic amines) is 1. The van der Waals surface area contributed by atoms with Crippen LogP contribution in [0.5, 0.6) is 5.75 Å². The largest absolute Gasteiger partial charge is 0.479 e. The third-order valence-corrected chi connectivity index (χ3v) is 9.51. The van der Waals surface area contributed by atoms with Crippen molar-refractivity contribution >= 4 is 39.8 Å². The van der Waals surface area contributed by atoms with Gasteiger partial charge in [-0.15, -0.1) is 0 Å². The monoisotopic (exact) mass is 803 g/mol. The lowest BCUT2D eigenvalue weighted by molar-refractivity contribution is -0.271. The highest BCUT2D eigenvalue weighted by atomic mass is 32.2. The molecular formula is C35H53N3O16S. The molecule has 2 fully saturated rings. The van der Waals surface area contributed by atoms with E-state index in [0.29, 0.717) is 36.8 Å². The van der Waals surface area contributed by atoms with Gasteiger partial charge in [-0.1, -0.05) is 19.1 Å². The second-order valence-electron chi connectivity index (χ2n) is 14.5. The van der Waals surface area contributed by atoms with E-state index in [9.17, 15) is 52.8 Å². The number of carbonyl (C=O) groups is 5. The summed E-state index contributed by atoms with van der Waals surface area (Å²) < 4.78 is 52.9. The van der Waals surface area contributed by atoms with Gasteiger partial charge in [-0.05, 0) is 64.5 Å². The van der Waals surface area contributed by atoms with Crippen molar-refractivity contribution in [3.63, 3.8) is 0 Å². The summed E-state index contributed by atoms with van der Waals surface area (Å²) in [6.45, 7) is 6.04. The Bertz CT molecular complexity index is 1620. The van der Waals surface area contributed by atoms with Crippen LogP contribution in [-0.4, -0.2) is 143 Å². The van der Waals surface area contributed by atoms with Gasteiger partial charge in [-0.3, -0.25) is 23.7 Å². The smallest absolute Gasteiger partial charge is 0.335 e. The Labute approximate surface area is 319 Å². The molecule has 0 radical (unpaired) electrons. The molecule has 1 aromatic carbocycles. The van der Waals surface area contributed by atoms with Crippen molar-refractivity contribution in [2.45, 2.75) is 116 Å². The molecule has 2 aliphatic heterocycles. The van der Waals surface area contributed by atoms with Gasteiger partial charge in [0.05, 0.1) is 37.0 Å². The second kappa shape index (κ2) is 20.3. The highest BCUT2D eigenvalue weighted by Crippen LogP contribution is 2.30. The average molecular weight is 804 g/mol. The lowest BCUT2D eigenvalue weighted by Gasteiger charge is -2.38. The molecule has 3 amide bonds. The number of aliphatic carboxylic acids is 1. The number of esters is 1. The fourth-order valence-electron chi connectivity index (χ4n) is 5.75. The van der Waals surface area contributed by atoms with Crippen LogP contribution in [0.3, 0.4) is 0 Å².